The number of ether oxygens (including phenoxy) is 1. The molecule has 0 saturated carbocycles. The first-order valence-electron chi connectivity index (χ1n) is 6.05. The Morgan fingerprint density at radius 3 is 2.50 bits per heavy atom. The molecule has 0 amide bonds. The Kier molecular flexibility index (Phi) is 2.44. The molecular weight excluding hydrogens is 224 g/mol. The molecule has 2 nitrogen and oxygen atoms in total. The van der Waals surface area contributed by atoms with Gasteiger partial charge in [-0.15, -0.1) is 0 Å². The van der Waals surface area contributed by atoms with Crippen LogP contribution in [0.3, 0.4) is 0 Å². The van der Waals surface area contributed by atoms with Gasteiger partial charge in [-0.05, 0) is 22.4 Å². The van der Waals surface area contributed by atoms with Gasteiger partial charge >= 0.3 is 5.97 Å². The van der Waals surface area contributed by atoms with Crippen LogP contribution >= 0.6 is 0 Å². The largest absolute Gasteiger partial charge is 0.453 e. The standard InChI is InChI=1S/C16H14O2/c1-10-11(2)16(17)18-15(10)14-8-7-12-5-3-4-6-13(12)9-14/h3-10,15H,2H2,1H3. The van der Waals surface area contributed by atoms with Gasteiger partial charge in [0.25, 0.3) is 0 Å². The van der Waals surface area contributed by atoms with Crippen molar-refractivity contribution in [2.24, 2.45) is 5.92 Å². The summed E-state index contributed by atoms with van der Waals surface area (Å²) in [5.74, 6) is -0.237. The number of esters is 1. The molecule has 0 aliphatic carbocycles. The molecule has 1 fully saturated rings. The minimum Gasteiger partial charge on any atom is -0.453 e. The summed E-state index contributed by atoms with van der Waals surface area (Å²) in [5, 5.41) is 2.35. The number of fused-ring (bicyclic) bond motifs is 1. The van der Waals surface area contributed by atoms with Crippen LogP contribution in [0.5, 0.6) is 0 Å². The van der Waals surface area contributed by atoms with Crippen LogP contribution in [0.1, 0.15) is 18.6 Å². The highest BCUT2D eigenvalue weighted by molar-refractivity contribution is 5.91. The molecule has 0 spiro atoms. The number of hydrogen-bond acceptors (Lipinski definition) is 2. The smallest absolute Gasteiger partial charge is 0.334 e. The normalized spacial score (nSPS) is 23.4. The van der Waals surface area contributed by atoms with Gasteiger partial charge in [0.15, 0.2) is 0 Å². The highest BCUT2D eigenvalue weighted by Gasteiger charge is 2.36. The van der Waals surface area contributed by atoms with E-state index in [1.807, 2.05) is 25.1 Å². The van der Waals surface area contributed by atoms with Gasteiger partial charge in [0.2, 0.25) is 0 Å². The Morgan fingerprint density at radius 2 is 1.83 bits per heavy atom. The first kappa shape index (κ1) is 11.0. The van der Waals surface area contributed by atoms with E-state index < -0.39 is 0 Å². The lowest BCUT2D eigenvalue weighted by Crippen LogP contribution is -2.04. The third-order valence-corrected chi connectivity index (χ3v) is 3.60. The zero-order chi connectivity index (χ0) is 12.7. The lowest BCUT2D eigenvalue weighted by molar-refractivity contribution is -0.139. The number of carbonyl (C=O) groups is 1. The zero-order valence-corrected chi connectivity index (χ0v) is 10.2. The monoisotopic (exact) mass is 238 g/mol. The van der Waals surface area contributed by atoms with Crippen molar-refractivity contribution in [1.29, 1.82) is 0 Å². The van der Waals surface area contributed by atoms with Gasteiger partial charge in [0.1, 0.15) is 6.10 Å². The molecule has 1 aliphatic heterocycles. The zero-order valence-electron chi connectivity index (χ0n) is 10.2. The average Bonchev–Trinajstić information content (AvgIpc) is 2.66. The van der Waals surface area contributed by atoms with Crippen molar-refractivity contribution in [3.8, 4) is 0 Å². The van der Waals surface area contributed by atoms with E-state index in [0.717, 1.165) is 10.9 Å². The molecule has 2 atom stereocenters. The Labute approximate surface area is 106 Å². The molecule has 1 heterocycles. The molecule has 2 unspecified atom stereocenters. The maximum absolute atomic E-state index is 11.5. The summed E-state index contributed by atoms with van der Waals surface area (Å²) in [6.07, 6.45) is -0.199. The highest BCUT2D eigenvalue weighted by Crippen LogP contribution is 2.38. The van der Waals surface area contributed by atoms with Crippen LogP contribution in [0, 0.1) is 5.92 Å². The van der Waals surface area contributed by atoms with Gasteiger partial charge in [0.05, 0.1) is 0 Å². The van der Waals surface area contributed by atoms with Gasteiger partial charge in [-0.2, -0.15) is 0 Å². The summed E-state index contributed by atoms with van der Waals surface area (Å²) in [6, 6.07) is 14.3. The molecule has 0 N–H and O–H groups in total. The van der Waals surface area contributed by atoms with Gasteiger partial charge in [-0.25, -0.2) is 4.79 Å². The minimum absolute atomic E-state index is 0.0404. The molecule has 0 aromatic heterocycles. The predicted molar refractivity (Wildman–Crippen MR) is 71.1 cm³/mol. The summed E-state index contributed by atoms with van der Waals surface area (Å²) >= 11 is 0. The minimum atomic E-state index is -0.277. The van der Waals surface area contributed by atoms with Crippen molar-refractivity contribution in [2.75, 3.05) is 0 Å². The average molecular weight is 238 g/mol. The Bertz CT molecular complexity index is 642. The lowest BCUT2D eigenvalue weighted by Gasteiger charge is -2.14. The third-order valence-electron chi connectivity index (χ3n) is 3.60. The van der Waals surface area contributed by atoms with Crippen molar-refractivity contribution >= 4 is 16.7 Å². The Balaban J connectivity index is 2.05. The van der Waals surface area contributed by atoms with Crippen LogP contribution in [0.2, 0.25) is 0 Å². The van der Waals surface area contributed by atoms with E-state index in [1.54, 1.807) is 0 Å². The fourth-order valence-corrected chi connectivity index (χ4v) is 2.40. The molecule has 2 heteroatoms. The SMILES string of the molecule is C=C1C(=O)OC(c2ccc3ccccc3c2)C1C. The molecule has 0 radical (unpaired) electrons. The summed E-state index contributed by atoms with van der Waals surface area (Å²) in [5.41, 5.74) is 1.60. The van der Waals surface area contributed by atoms with Crippen LogP contribution in [-0.4, -0.2) is 5.97 Å². The molecule has 3 rings (SSSR count). The second kappa shape index (κ2) is 3.98. The third kappa shape index (κ3) is 1.61. The second-order valence-electron chi connectivity index (χ2n) is 4.75. The van der Waals surface area contributed by atoms with E-state index in [1.165, 1.54) is 5.39 Å². The van der Waals surface area contributed by atoms with Gasteiger partial charge < -0.3 is 4.74 Å². The maximum Gasteiger partial charge on any atom is 0.334 e. The van der Waals surface area contributed by atoms with Crippen molar-refractivity contribution in [3.05, 3.63) is 60.2 Å². The number of carbonyl (C=O) groups excluding carboxylic acids is 1. The number of rotatable bonds is 1. The van der Waals surface area contributed by atoms with Crippen LogP contribution in [-0.2, 0) is 9.53 Å². The van der Waals surface area contributed by atoms with Crippen LogP contribution in [0.15, 0.2) is 54.6 Å². The fourth-order valence-electron chi connectivity index (χ4n) is 2.40. The molecule has 2 aromatic carbocycles. The van der Waals surface area contributed by atoms with E-state index in [-0.39, 0.29) is 18.0 Å². The van der Waals surface area contributed by atoms with Crippen LogP contribution in [0.25, 0.3) is 10.8 Å². The van der Waals surface area contributed by atoms with E-state index in [4.69, 9.17) is 4.74 Å². The van der Waals surface area contributed by atoms with E-state index in [2.05, 4.69) is 30.8 Å². The molecular formula is C16H14O2. The molecule has 0 bridgehead atoms. The van der Waals surface area contributed by atoms with Crippen LogP contribution in [0.4, 0.5) is 0 Å². The van der Waals surface area contributed by atoms with E-state index in [9.17, 15) is 4.79 Å². The number of benzene rings is 2. The quantitative estimate of drug-likeness (QED) is 0.560. The second-order valence-corrected chi connectivity index (χ2v) is 4.75. The first-order valence-corrected chi connectivity index (χ1v) is 6.05. The summed E-state index contributed by atoms with van der Waals surface area (Å²) in [6.45, 7) is 5.76. The van der Waals surface area contributed by atoms with Crippen molar-refractivity contribution in [1.82, 2.24) is 0 Å². The van der Waals surface area contributed by atoms with Crippen molar-refractivity contribution in [2.45, 2.75) is 13.0 Å². The van der Waals surface area contributed by atoms with E-state index in [0.29, 0.717) is 5.57 Å². The summed E-state index contributed by atoms with van der Waals surface area (Å²) in [4.78, 5) is 11.5. The molecule has 2 aromatic rings. The van der Waals surface area contributed by atoms with Gasteiger partial charge in [-0.3, -0.25) is 0 Å². The number of hydrogen-bond donors (Lipinski definition) is 0. The topological polar surface area (TPSA) is 26.3 Å². The summed E-state index contributed by atoms with van der Waals surface area (Å²) < 4.78 is 5.38. The molecule has 90 valence electrons. The van der Waals surface area contributed by atoms with Crippen molar-refractivity contribution in [3.63, 3.8) is 0 Å². The van der Waals surface area contributed by atoms with E-state index >= 15 is 0 Å². The first-order chi connectivity index (χ1) is 8.66. The molecule has 1 saturated heterocycles. The molecule has 18 heavy (non-hydrogen) atoms. The Morgan fingerprint density at radius 1 is 1.11 bits per heavy atom. The Hall–Kier alpha value is -2.09. The van der Waals surface area contributed by atoms with Crippen LogP contribution < -0.4 is 0 Å². The van der Waals surface area contributed by atoms with Gasteiger partial charge in [-0.1, -0.05) is 49.9 Å². The van der Waals surface area contributed by atoms with Gasteiger partial charge in [0, 0.05) is 11.5 Å². The van der Waals surface area contributed by atoms with Crippen molar-refractivity contribution < 1.29 is 9.53 Å². The number of cyclic esters (lactones) is 1. The predicted octanol–water partition coefficient (Wildman–Crippen LogP) is 3.63. The highest BCUT2D eigenvalue weighted by atomic mass is 16.6. The molecule has 1 aliphatic rings. The lowest BCUT2D eigenvalue weighted by atomic mass is 9.93. The fraction of sp³-hybridized carbons (Fsp3) is 0.188. The summed E-state index contributed by atoms with van der Waals surface area (Å²) in [7, 11) is 0. The maximum atomic E-state index is 11.5.